The zero-order chi connectivity index (χ0) is 20.5. The van der Waals surface area contributed by atoms with Gasteiger partial charge in [0.2, 0.25) is 6.23 Å². The molecule has 1 spiro atoms. The van der Waals surface area contributed by atoms with Crippen molar-refractivity contribution in [3.63, 3.8) is 0 Å². The highest BCUT2D eigenvalue weighted by atomic mass is 35.8. The molecular formula is C21H35Cl3NO2Si+. The second kappa shape index (κ2) is 12.0. The van der Waals surface area contributed by atoms with Crippen molar-refractivity contribution in [2.45, 2.75) is 95.7 Å². The Kier molecular flexibility index (Phi) is 10.4. The van der Waals surface area contributed by atoms with Crippen LogP contribution in [0.25, 0.3) is 0 Å². The van der Waals surface area contributed by atoms with Crippen molar-refractivity contribution in [2.75, 3.05) is 6.54 Å². The monoisotopic (exact) mass is 466 g/mol. The molecule has 0 saturated carbocycles. The molecule has 0 aromatic carbocycles. The van der Waals surface area contributed by atoms with Gasteiger partial charge in [-0.1, -0.05) is 51.9 Å². The van der Waals surface area contributed by atoms with E-state index in [1.165, 1.54) is 32.1 Å². The van der Waals surface area contributed by atoms with E-state index in [0.29, 0.717) is 10.9 Å². The van der Waals surface area contributed by atoms with Gasteiger partial charge >= 0.3 is 12.0 Å². The fourth-order valence-corrected chi connectivity index (χ4v) is 6.82. The topological polar surface area (TPSA) is 26.3 Å². The largest absolute Gasteiger partial charge is 0.411 e. The quantitative estimate of drug-likeness (QED) is 0.104. The molecule has 7 heteroatoms. The van der Waals surface area contributed by atoms with Crippen LogP contribution < -0.4 is 0 Å². The van der Waals surface area contributed by atoms with Gasteiger partial charge in [0.25, 0.3) is 0 Å². The van der Waals surface area contributed by atoms with Gasteiger partial charge in [-0.3, -0.25) is 4.79 Å². The first-order valence-electron chi connectivity index (χ1n) is 10.9. The number of halogens is 3. The van der Waals surface area contributed by atoms with Gasteiger partial charge in [0.1, 0.15) is 12.4 Å². The second-order valence-corrected chi connectivity index (χ2v) is 17.0. The van der Waals surface area contributed by atoms with Crippen molar-refractivity contribution < 1.29 is 14.0 Å². The van der Waals surface area contributed by atoms with Crippen LogP contribution in [-0.4, -0.2) is 29.2 Å². The number of esters is 1. The van der Waals surface area contributed by atoms with Crippen LogP contribution in [0, 0.1) is 0 Å². The maximum absolute atomic E-state index is 13.0. The summed E-state index contributed by atoms with van der Waals surface area (Å²) in [7, 11) is 0. The van der Waals surface area contributed by atoms with Crippen molar-refractivity contribution in [2.24, 2.45) is 0 Å². The van der Waals surface area contributed by atoms with Crippen molar-refractivity contribution in [3.05, 3.63) is 24.6 Å². The summed E-state index contributed by atoms with van der Waals surface area (Å²) in [5, 5.41) is 0. The number of carbonyl (C=O) groups is 1. The predicted octanol–water partition coefficient (Wildman–Crippen LogP) is 7.45. The number of quaternary nitrogens is 1. The lowest BCUT2D eigenvalue weighted by molar-refractivity contribution is -0.874. The lowest BCUT2D eigenvalue weighted by atomic mass is 10.1. The summed E-state index contributed by atoms with van der Waals surface area (Å²) in [4.78, 5) is 13.0. The Morgan fingerprint density at radius 2 is 1.68 bits per heavy atom. The molecule has 2 rings (SSSR count). The van der Waals surface area contributed by atoms with E-state index in [1.54, 1.807) is 0 Å². The van der Waals surface area contributed by atoms with Gasteiger partial charge in [0.15, 0.2) is 0 Å². The zero-order valence-corrected chi connectivity index (χ0v) is 20.3. The summed E-state index contributed by atoms with van der Waals surface area (Å²) >= 11 is 18.9. The van der Waals surface area contributed by atoms with Crippen molar-refractivity contribution in [3.8, 4) is 0 Å². The molecule has 2 aliphatic rings. The predicted molar refractivity (Wildman–Crippen MR) is 121 cm³/mol. The lowest BCUT2D eigenvalue weighted by Gasteiger charge is -2.35. The van der Waals surface area contributed by atoms with E-state index in [2.05, 4.69) is 19.3 Å². The fraction of sp³-hybridized carbons (Fsp3) is 0.762. The third-order valence-electron chi connectivity index (χ3n) is 5.90. The van der Waals surface area contributed by atoms with Crippen LogP contribution in [0.5, 0.6) is 0 Å². The van der Waals surface area contributed by atoms with Gasteiger partial charge in [-0.25, -0.2) is 4.48 Å². The molecule has 0 N–H and O–H groups in total. The van der Waals surface area contributed by atoms with E-state index >= 15 is 0 Å². The van der Waals surface area contributed by atoms with Gasteiger partial charge in [0, 0.05) is 6.42 Å². The molecule has 3 nitrogen and oxygen atoms in total. The SMILES string of the molecule is CCCCCCCCCC(C(=O)OC1CCCCC[N+]12C=CC=C2)[Si](Cl)(Cl)Cl. The summed E-state index contributed by atoms with van der Waals surface area (Å²) in [6.07, 6.45) is 21.2. The summed E-state index contributed by atoms with van der Waals surface area (Å²) in [5.41, 5.74) is -0.577. The Hall–Kier alpha value is -0.00312. The Morgan fingerprint density at radius 3 is 2.32 bits per heavy atom. The molecule has 0 aromatic rings. The van der Waals surface area contributed by atoms with E-state index in [0.717, 1.165) is 45.1 Å². The van der Waals surface area contributed by atoms with Crippen LogP contribution in [0.3, 0.4) is 0 Å². The van der Waals surface area contributed by atoms with Crippen molar-refractivity contribution in [1.29, 1.82) is 0 Å². The minimum absolute atomic E-state index is 0.206. The number of allylic oxidation sites excluding steroid dienone is 2. The third kappa shape index (κ3) is 7.35. The molecule has 0 radical (unpaired) electrons. The molecule has 2 atom stereocenters. The van der Waals surface area contributed by atoms with Crippen LogP contribution in [0.4, 0.5) is 0 Å². The van der Waals surface area contributed by atoms with E-state index in [-0.39, 0.29) is 12.2 Å². The fourth-order valence-electron chi connectivity index (χ4n) is 4.17. The number of hydrogen-bond acceptors (Lipinski definition) is 2. The van der Waals surface area contributed by atoms with E-state index in [1.807, 2.05) is 12.2 Å². The normalized spacial score (nSPS) is 22.4. The van der Waals surface area contributed by atoms with Gasteiger partial charge in [-0.15, -0.1) is 33.2 Å². The zero-order valence-electron chi connectivity index (χ0n) is 17.1. The standard InChI is InChI=1S/C21H35Cl3NO2Si/c1-2-3-4-5-6-7-9-14-19(28(22,23)24)21(26)27-20-15-10-8-11-16-25(20)17-12-13-18-25/h12-13,17-20H,2-11,14-16H2,1H3/q+1. The second-order valence-electron chi connectivity index (χ2n) is 8.15. The summed E-state index contributed by atoms with van der Waals surface area (Å²) in [5.74, 6) is -0.309. The Bertz CT molecular complexity index is 536. The average Bonchev–Trinajstić information content (AvgIpc) is 3.02. The molecular weight excluding hydrogens is 433 g/mol. The first-order chi connectivity index (χ1) is 13.4. The Morgan fingerprint density at radius 1 is 1.04 bits per heavy atom. The van der Waals surface area contributed by atoms with Crippen LogP contribution in [0.2, 0.25) is 5.54 Å². The van der Waals surface area contributed by atoms with Gasteiger partial charge in [-0.2, -0.15) is 0 Å². The van der Waals surface area contributed by atoms with Crippen LogP contribution >= 0.6 is 33.2 Å². The first kappa shape index (κ1) is 24.3. The van der Waals surface area contributed by atoms with Crippen LogP contribution in [0.15, 0.2) is 24.6 Å². The Labute approximate surface area is 185 Å². The molecule has 0 aliphatic carbocycles. The molecule has 0 amide bonds. The van der Waals surface area contributed by atoms with E-state index < -0.39 is 11.5 Å². The van der Waals surface area contributed by atoms with Gasteiger partial charge in [0.05, 0.1) is 12.1 Å². The summed E-state index contributed by atoms with van der Waals surface area (Å²) in [6, 6.07) is -3.18. The van der Waals surface area contributed by atoms with Gasteiger partial charge in [-0.05, 0) is 37.8 Å². The number of hydrogen-bond donors (Lipinski definition) is 0. The van der Waals surface area contributed by atoms with Crippen molar-refractivity contribution >= 4 is 45.2 Å². The maximum atomic E-state index is 13.0. The van der Waals surface area contributed by atoms with Crippen LogP contribution in [-0.2, 0) is 9.53 Å². The van der Waals surface area contributed by atoms with Crippen LogP contribution in [0.1, 0.15) is 84.0 Å². The highest BCUT2D eigenvalue weighted by molar-refractivity contribution is 7.65. The van der Waals surface area contributed by atoms with Gasteiger partial charge < -0.3 is 4.74 Å². The molecule has 2 aliphatic heterocycles. The maximum Gasteiger partial charge on any atom is 0.355 e. The molecule has 2 heterocycles. The number of carbonyl (C=O) groups excluding carboxylic acids is 1. The number of rotatable bonds is 11. The highest BCUT2D eigenvalue weighted by Gasteiger charge is 2.46. The Balaban J connectivity index is 1.91. The third-order valence-corrected chi connectivity index (χ3v) is 9.58. The van der Waals surface area contributed by atoms with Crippen molar-refractivity contribution in [1.82, 2.24) is 0 Å². The molecule has 2 unspecified atom stereocenters. The average molecular weight is 468 g/mol. The molecule has 0 aromatic heterocycles. The minimum Gasteiger partial charge on any atom is -0.411 e. The number of nitrogens with zero attached hydrogens (tertiary/aromatic N) is 1. The summed E-state index contributed by atoms with van der Waals surface area (Å²) in [6.45, 7) is 3.18. The molecule has 28 heavy (non-hydrogen) atoms. The number of ether oxygens (including phenoxy) is 1. The highest BCUT2D eigenvalue weighted by Crippen LogP contribution is 2.40. The molecule has 0 bridgehead atoms. The molecule has 1 saturated heterocycles. The smallest absolute Gasteiger partial charge is 0.355 e. The van der Waals surface area contributed by atoms with E-state index in [9.17, 15) is 4.79 Å². The lowest BCUT2D eigenvalue weighted by Crippen LogP contribution is -2.48. The van der Waals surface area contributed by atoms with E-state index in [4.69, 9.17) is 38.0 Å². The number of unbranched alkanes of at least 4 members (excludes halogenated alkanes) is 6. The summed E-state index contributed by atoms with van der Waals surface area (Å²) < 4.78 is 6.61. The first-order valence-corrected chi connectivity index (χ1v) is 16.0. The molecule has 160 valence electrons. The minimum atomic E-state index is -3.18. The molecule has 1 fully saturated rings.